The number of carbonyl (C=O) groups is 1. The molecular weight excluding hydrogens is 357 g/mol. The summed E-state index contributed by atoms with van der Waals surface area (Å²) in [4.78, 5) is 11.4. The zero-order valence-corrected chi connectivity index (χ0v) is 13.4. The molecule has 1 amide bonds. The number of hydrogen-bond acceptors (Lipinski definition) is 3. The third-order valence-electron chi connectivity index (χ3n) is 2.88. The van der Waals surface area contributed by atoms with Crippen LogP contribution in [0.4, 0.5) is 4.79 Å². The largest absolute Gasteiger partial charge is 0.413 e. The van der Waals surface area contributed by atoms with Crippen LogP contribution in [0.5, 0.6) is 0 Å². The van der Waals surface area contributed by atoms with Gasteiger partial charge < -0.3 is 15.2 Å². The van der Waals surface area contributed by atoms with Gasteiger partial charge in [0.25, 0.3) is 0 Å². The summed E-state index contributed by atoms with van der Waals surface area (Å²) < 4.78 is 6.08. The van der Waals surface area contributed by atoms with E-state index in [9.17, 15) is 9.90 Å². The lowest BCUT2D eigenvalue weighted by molar-refractivity contribution is -0.176. The molecule has 0 aliphatic carbocycles. The highest BCUT2D eigenvalue weighted by Gasteiger charge is 2.34. The number of rotatable bonds is 6. The molecular formula is C14H20INO3. The van der Waals surface area contributed by atoms with Crippen molar-refractivity contribution < 1.29 is 14.6 Å². The fourth-order valence-electron chi connectivity index (χ4n) is 1.84. The number of aliphatic hydroxyl groups is 1. The minimum absolute atomic E-state index is 0.397. The smallest absolute Gasteiger partial charge is 0.409 e. The Morgan fingerprint density at radius 3 is 2.68 bits per heavy atom. The molecule has 0 saturated heterocycles. The first-order valence-corrected chi connectivity index (χ1v) is 7.49. The van der Waals surface area contributed by atoms with Crippen LogP contribution in [-0.2, 0) is 10.5 Å². The molecule has 2 N–H and O–H groups in total. The van der Waals surface area contributed by atoms with Crippen molar-refractivity contribution in [3.8, 4) is 0 Å². The monoisotopic (exact) mass is 377 g/mol. The number of alkyl carbamates (subject to hydrolysis) is 1. The Morgan fingerprint density at radius 2 is 2.11 bits per heavy atom. The zero-order valence-electron chi connectivity index (χ0n) is 11.3. The van der Waals surface area contributed by atoms with E-state index in [4.69, 9.17) is 4.74 Å². The first kappa shape index (κ1) is 16.2. The van der Waals surface area contributed by atoms with Gasteiger partial charge in [0.1, 0.15) is 0 Å². The number of nitrogens with one attached hydrogen (secondary N) is 1. The molecule has 1 aromatic rings. The van der Waals surface area contributed by atoms with E-state index in [0.717, 1.165) is 22.8 Å². The van der Waals surface area contributed by atoms with Gasteiger partial charge in [0.2, 0.25) is 5.79 Å². The number of hydrogen-bond donors (Lipinski definition) is 2. The number of unbranched alkanes of at least 4 members (excludes halogenated alkanes) is 2. The van der Waals surface area contributed by atoms with Crippen LogP contribution in [0, 0.1) is 3.57 Å². The van der Waals surface area contributed by atoms with Crippen molar-refractivity contribution in [1.82, 2.24) is 5.32 Å². The summed E-state index contributed by atoms with van der Waals surface area (Å²) in [5.74, 6) is -1.56. The van der Waals surface area contributed by atoms with Crippen molar-refractivity contribution in [3.63, 3.8) is 0 Å². The summed E-state index contributed by atoms with van der Waals surface area (Å²) in [5.41, 5.74) is 0.635. The molecule has 0 bridgehead atoms. The van der Waals surface area contributed by atoms with E-state index in [-0.39, 0.29) is 0 Å². The molecule has 106 valence electrons. The van der Waals surface area contributed by atoms with E-state index in [1.165, 1.54) is 7.05 Å². The second-order valence-corrected chi connectivity index (χ2v) is 5.52. The highest BCUT2D eigenvalue weighted by molar-refractivity contribution is 14.1. The summed E-state index contributed by atoms with van der Waals surface area (Å²) in [5, 5.41) is 13.1. The molecule has 0 unspecified atom stereocenters. The average molecular weight is 377 g/mol. The molecule has 19 heavy (non-hydrogen) atoms. The van der Waals surface area contributed by atoms with Gasteiger partial charge >= 0.3 is 6.09 Å². The van der Waals surface area contributed by atoms with Crippen LogP contribution in [0.3, 0.4) is 0 Å². The maximum Gasteiger partial charge on any atom is 0.409 e. The molecule has 0 aromatic heterocycles. The van der Waals surface area contributed by atoms with Crippen molar-refractivity contribution in [3.05, 3.63) is 33.4 Å². The fourth-order valence-corrected chi connectivity index (χ4v) is 2.65. The van der Waals surface area contributed by atoms with Crippen LogP contribution >= 0.6 is 22.6 Å². The number of amides is 1. The lowest BCUT2D eigenvalue weighted by Crippen LogP contribution is -2.36. The van der Waals surface area contributed by atoms with Gasteiger partial charge in [-0.1, -0.05) is 38.0 Å². The Hall–Kier alpha value is -0.820. The number of ether oxygens (including phenoxy) is 1. The van der Waals surface area contributed by atoms with Crippen LogP contribution in [0.15, 0.2) is 24.3 Å². The van der Waals surface area contributed by atoms with Crippen LogP contribution in [0.25, 0.3) is 0 Å². The second kappa shape index (κ2) is 7.69. The summed E-state index contributed by atoms with van der Waals surface area (Å²) in [6.07, 6.45) is 2.60. The molecule has 0 spiro atoms. The average Bonchev–Trinajstić information content (AvgIpc) is 2.39. The molecule has 1 rings (SSSR count). The highest BCUT2D eigenvalue weighted by atomic mass is 127. The molecule has 5 heteroatoms. The van der Waals surface area contributed by atoms with E-state index in [2.05, 4.69) is 34.8 Å². The van der Waals surface area contributed by atoms with E-state index >= 15 is 0 Å². The molecule has 1 aromatic carbocycles. The third kappa shape index (κ3) is 4.65. The Kier molecular flexibility index (Phi) is 6.57. The third-order valence-corrected chi connectivity index (χ3v) is 3.82. The van der Waals surface area contributed by atoms with E-state index in [0.29, 0.717) is 12.0 Å². The first-order valence-electron chi connectivity index (χ1n) is 6.41. The molecule has 0 heterocycles. The maximum absolute atomic E-state index is 11.4. The predicted molar refractivity (Wildman–Crippen MR) is 82.7 cm³/mol. The zero-order chi connectivity index (χ0) is 14.3. The summed E-state index contributed by atoms with van der Waals surface area (Å²) in [7, 11) is 1.48. The van der Waals surface area contributed by atoms with E-state index < -0.39 is 11.9 Å². The first-order chi connectivity index (χ1) is 9.03. The highest BCUT2D eigenvalue weighted by Crippen LogP contribution is 2.32. The van der Waals surface area contributed by atoms with Gasteiger partial charge in [0, 0.05) is 22.6 Å². The molecule has 0 fully saturated rings. The molecule has 0 aliphatic heterocycles. The van der Waals surface area contributed by atoms with Gasteiger partial charge in [0.05, 0.1) is 0 Å². The predicted octanol–water partition coefficient (Wildman–Crippen LogP) is 3.37. The Bertz CT molecular complexity index is 425. The van der Waals surface area contributed by atoms with E-state index in [1.807, 2.05) is 18.2 Å². The molecule has 1 atom stereocenters. The number of halogens is 1. The van der Waals surface area contributed by atoms with Gasteiger partial charge in [-0.25, -0.2) is 4.79 Å². The quantitative estimate of drug-likeness (QED) is 0.454. The topological polar surface area (TPSA) is 58.6 Å². The van der Waals surface area contributed by atoms with Crippen molar-refractivity contribution >= 4 is 28.7 Å². The van der Waals surface area contributed by atoms with Gasteiger partial charge in [0.15, 0.2) is 0 Å². The standard InChI is InChI=1S/C14H20INO3/c1-3-4-7-10-14(18,19-13(17)16-2)11-8-5-6-9-12(11)15/h5-6,8-9,18H,3-4,7,10H2,1-2H3,(H,16,17)/t14-/m0/s1. The summed E-state index contributed by atoms with van der Waals surface area (Å²) >= 11 is 2.13. The lowest BCUT2D eigenvalue weighted by atomic mass is 9.99. The van der Waals surface area contributed by atoms with Crippen LogP contribution in [-0.4, -0.2) is 18.2 Å². The van der Waals surface area contributed by atoms with Crippen LogP contribution < -0.4 is 5.32 Å². The van der Waals surface area contributed by atoms with Crippen molar-refractivity contribution in [1.29, 1.82) is 0 Å². The molecule has 4 nitrogen and oxygen atoms in total. The number of benzene rings is 1. The summed E-state index contributed by atoms with van der Waals surface area (Å²) in [6.45, 7) is 2.09. The maximum atomic E-state index is 11.4. The second-order valence-electron chi connectivity index (χ2n) is 4.36. The Morgan fingerprint density at radius 1 is 1.42 bits per heavy atom. The van der Waals surface area contributed by atoms with Crippen molar-refractivity contribution in [2.24, 2.45) is 0 Å². The van der Waals surface area contributed by atoms with Gasteiger partial charge in [-0.2, -0.15) is 0 Å². The Balaban J connectivity index is 2.97. The summed E-state index contributed by atoms with van der Waals surface area (Å²) in [6, 6.07) is 7.39. The van der Waals surface area contributed by atoms with Gasteiger partial charge in [-0.15, -0.1) is 0 Å². The van der Waals surface area contributed by atoms with E-state index in [1.54, 1.807) is 6.07 Å². The SMILES string of the molecule is CCCCC[C@](O)(OC(=O)NC)c1ccccc1I. The molecule has 0 saturated carbocycles. The van der Waals surface area contributed by atoms with Gasteiger partial charge in [-0.3, -0.25) is 0 Å². The minimum atomic E-state index is -1.56. The Labute approximate surface area is 127 Å². The minimum Gasteiger partial charge on any atom is -0.413 e. The van der Waals surface area contributed by atoms with Crippen LogP contribution in [0.2, 0.25) is 0 Å². The fraction of sp³-hybridized carbons (Fsp3) is 0.500. The van der Waals surface area contributed by atoms with Crippen molar-refractivity contribution in [2.75, 3.05) is 7.05 Å². The lowest BCUT2D eigenvalue weighted by Gasteiger charge is -2.29. The van der Waals surface area contributed by atoms with Crippen LogP contribution in [0.1, 0.15) is 38.2 Å². The molecule has 0 aliphatic rings. The van der Waals surface area contributed by atoms with Gasteiger partial charge in [-0.05, 0) is 35.1 Å². The van der Waals surface area contributed by atoms with Crippen molar-refractivity contribution in [2.45, 2.75) is 38.4 Å². The molecule has 0 radical (unpaired) electrons. The number of carbonyl (C=O) groups excluding carboxylic acids is 1. The normalized spacial score (nSPS) is 13.7.